The summed E-state index contributed by atoms with van der Waals surface area (Å²) in [6.07, 6.45) is -1.63. The molecule has 1 aromatic rings. The number of ether oxygens (including phenoxy) is 1. The first-order valence-electron chi connectivity index (χ1n) is 7.22. The van der Waals surface area contributed by atoms with Crippen LogP contribution in [0.4, 0.5) is 13.2 Å². The van der Waals surface area contributed by atoms with Gasteiger partial charge in [-0.05, 0) is 48.8 Å². The summed E-state index contributed by atoms with van der Waals surface area (Å²) < 4.78 is 40.1. The van der Waals surface area contributed by atoms with E-state index in [1.54, 1.807) is 12.1 Å². The zero-order valence-electron chi connectivity index (χ0n) is 12.3. The molecule has 0 aromatic heterocycles. The van der Waals surface area contributed by atoms with Crippen molar-refractivity contribution >= 4 is 0 Å². The van der Waals surface area contributed by atoms with E-state index in [9.17, 15) is 18.3 Å². The largest absolute Gasteiger partial charge is 0.573 e. The minimum atomic E-state index is -4.67. The molecule has 1 aliphatic rings. The Hall–Kier alpha value is -1.23. The van der Waals surface area contributed by atoms with Gasteiger partial charge in [0.2, 0.25) is 0 Å². The van der Waals surface area contributed by atoms with Crippen LogP contribution in [-0.2, 0) is 6.42 Å². The number of hydrogen-bond donors (Lipinski definition) is 1. The monoisotopic (exact) mass is 302 g/mol. The van der Waals surface area contributed by atoms with E-state index in [0.717, 1.165) is 24.8 Å². The molecule has 2 unspecified atom stereocenters. The van der Waals surface area contributed by atoms with E-state index in [0.29, 0.717) is 18.3 Å². The average molecular weight is 302 g/mol. The van der Waals surface area contributed by atoms with E-state index in [4.69, 9.17) is 0 Å². The molecule has 0 saturated heterocycles. The molecular formula is C16H21F3O2. The highest BCUT2D eigenvalue weighted by molar-refractivity contribution is 5.28. The molecule has 21 heavy (non-hydrogen) atoms. The smallest absolute Gasteiger partial charge is 0.406 e. The molecule has 2 nitrogen and oxygen atoms in total. The lowest BCUT2D eigenvalue weighted by Gasteiger charge is -2.39. The molecule has 2 rings (SSSR count). The fourth-order valence-corrected chi connectivity index (χ4v) is 3.57. The van der Waals surface area contributed by atoms with Gasteiger partial charge in [0.05, 0.1) is 5.60 Å². The summed E-state index contributed by atoms with van der Waals surface area (Å²) in [5.74, 6) is 0.696. The molecule has 0 heterocycles. The van der Waals surface area contributed by atoms with E-state index in [-0.39, 0.29) is 5.75 Å². The van der Waals surface area contributed by atoms with Crippen molar-refractivity contribution in [2.24, 2.45) is 11.8 Å². The summed E-state index contributed by atoms with van der Waals surface area (Å²) in [5.41, 5.74) is 0.0667. The van der Waals surface area contributed by atoms with Gasteiger partial charge in [-0.3, -0.25) is 0 Å². The van der Waals surface area contributed by atoms with Crippen LogP contribution in [0.1, 0.15) is 38.7 Å². The topological polar surface area (TPSA) is 29.5 Å². The molecule has 5 heteroatoms. The van der Waals surface area contributed by atoms with Gasteiger partial charge in [0.15, 0.2) is 0 Å². The maximum absolute atomic E-state index is 12.1. The molecule has 118 valence electrons. The van der Waals surface area contributed by atoms with Crippen molar-refractivity contribution in [1.82, 2.24) is 0 Å². The van der Waals surface area contributed by atoms with Gasteiger partial charge >= 0.3 is 6.36 Å². The summed E-state index contributed by atoms with van der Waals surface area (Å²) in [7, 11) is 0. The summed E-state index contributed by atoms with van der Waals surface area (Å²) in [4.78, 5) is 0. The predicted octanol–water partition coefficient (Wildman–Crippen LogP) is 4.31. The first-order chi connectivity index (χ1) is 9.65. The number of halogens is 3. The Bertz CT molecular complexity index is 457. The molecule has 1 N–H and O–H groups in total. The highest BCUT2D eigenvalue weighted by Gasteiger charge is 2.36. The zero-order valence-corrected chi connectivity index (χ0v) is 12.3. The van der Waals surface area contributed by atoms with Gasteiger partial charge in [-0.25, -0.2) is 0 Å². The first kappa shape index (κ1) is 16.1. The summed E-state index contributed by atoms with van der Waals surface area (Å²) in [6.45, 7) is 4.25. The molecule has 1 aliphatic carbocycles. The highest BCUT2D eigenvalue weighted by atomic mass is 19.4. The Morgan fingerprint density at radius 3 is 2.14 bits per heavy atom. The molecule has 0 spiro atoms. The maximum atomic E-state index is 12.1. The van der Waals surface area contributed by atoms with E-state index in [2.05, 4.69) is 18.6 Å². The number of alkyl halides is 3. The summed E-state index contributed by atoms with van der Waals surface area (Å²) >= 11 is 0. The zero-order chi connectivity index (χ0) is 15.7. The van der Waals surface area contributed by atoms with E-state index < -0.39 is 12.0 Å². The van der Waals surface area contributed by atoms with Gasteiger partial charge in [-0.1, -0.05) is 26.0 Å². The van der Waals surface area contributed by atoms with Gasteiger partial charge in [-0.2, -0.15) is 0 Å². The Morgan fingerprint density at radius 2 is 1.67 bits per heavy atom. The van der Waals surface area contributed by atoms with Gasteiger partial charge in [-0.15, -0.1) is 13.2 Å². The molecule has 1 saturated carbocycles. The third kappa shape index (κ3) is 4.92. The molecular weight excluding hydrogens is 281 g/mol. The predicted molar refractivity (Wildman–Crippen MR) is 74.0 cm³/mol. The minimum absolute atomic E-state index is 0.233. The van der Waals surface area contributed by atoms with Crippen molar-refractivity contribution in [2.75, 3.05) is 0 Å². The second-order valence-corrected chi connectivity index (χ2v) is 6.45. The quantitative estimate of drug-likeness (QED) is 0.901. The van der Waals surface area contributed by atoms with Crippen LogP contribution in [0.2, 0.25) is 0 Å². The third-order valence-electron chi connectivity index (χ3n) is 3.95. The minimum Gasteiger partial charge on any atom is -0.406 e. The first-order valence-corrected chi connectivity index (χ1v) is 7.22. The molecule has 0 amide bonds. The summed E-state index contributed by atoms with van der Waals surface area (Å²) in [5, 5.41) is 10.7. The molecule has 2 atom stereocenters. The lowest BCUT2D eigenvalue weighted by Crippen LogP contribution is -2.39. The van der Waals surface area contributed by atoms with Crippen LogP contribution in [0.25, 0.3) is 0 Å². The number of hydrogen-bond acceptors (Lipinski definition) is 2. The third-order valence-corrected chi connectivity index (χ3v) is 3.95. The van der Waals surface area contributed by atoms with Crippen LogP contribution < -0.4 is 4.74 Å². The Labute approximate surface area is 122 Å². The van der Waals surface area contributed by atoms with Crippen LogP contribution in [0.3, 0.4) is 0 Å². The van der Waals surface area contributed by atoms with Gasteiger partial charge in [0, 0.05) is 6.42 Å². The van der Waals surface area contributed by atoms with Crippen LogP contribution >= 0.6 is 0 Å². The SMILES string of the molecule is CC1CC(C)CC(O)(Cc2ccc(OC(F)(F)F)cc2)C1. The Morgan fingerprint density at radius 1 is 1.14 bits per heavy atom. The second kappa shape index (κ2) is 5.87. The van der Waals surface area contributed by atoms with Crippen molar-refractivity contribution in [3.05, 3.63) is 29.8 Å². The average Bonchev–Trinajstić information content (AvgIpc) is 2.27. The molecule has 0 radical (unpaired) electrons. The highest BCUT2D eigenvalue weighted by Crippen LogP contribution is 2.38. The molecule has 1 fully saturated rings. The molecule has 0 aliphatic heterocycles. The van der Waals surface area contributed by atoms with Crippen molar-refractivity contribution in [3.63, 3.8) is 0 Å². The standard InChI is InChI=1S/C16H21F3O2/c1-11-7-12(2)9-15(20,8-11)10-13-3-5-14(6-4-13)21-16(17,18)19/h3-6,11-12,20H,7-10H2,1-2H3. The summed E-state index contributed by atoms with van der Waals surface area (Å²) in [6, 6.07) is 5.76. The van der Waals surface area contributed by atoms with Gasteiger partial charge in [0.25, 0.3) is 0 Å². The van der Waals surface area contributed by atoms with Crippen molar-refractivity contribution in [2.45, 2.75) is 51.5 Å². The molecule has 0 bridgehead atoms. The van der Waals surface area contributed by atoms with Crippen molar-refractivity contribution < 1.29 is 23.0 Å². The van der Waals surface area contributed by atoms with Crippen LogP contribution in [0.15, 0.2) is 24.3 Å². The fourth-order valence-electron chi connectivity index (χ4n) is 3.57. The van der Waals surface area contributed by atoms with Crippen LogP contribution in [0, 0.1) is 11.8 Å². The van der Waals surface area contributed by atoms with Gasteiger partial charge < -0.3 is 9.84 Å². The van der Waals surface area contributed by atoms with Gasteiger partial charge in [0.1, 0.15) is 5.75 Å². The number of benzene rings is 1. The van der Waals surface area contributed by atoms with Crippen molar-refractivity contribution in [3.8, 4) is 5.75 Å². The number of rotatable bonds is 3. The van der Waals surface area contributed by atoms with Crippen LogP contribution in [-0.4, -0.2) is 17.1 Å². The lowest BCUT2D eigenvalue weighted by molar-refractivity contribution is -0.274. The molecule has 1 aromatic carbocycles. The van der Waals surface area contributed by atoms with Crippen LogP contribution in [0.5, 0.6) is 5.75 Å². The lowest BCUT2D eigenvalue weighted by atomic mass is 9.71. The number of aliphatic hydroxyl groups is 1. The Balaban J connectivity index is 2.02. The second-order valence-electron chi connectivity index (χ2n) is 6.45. The van der Waals surface area contributed by atoms with E-state index in [1.165, 1.54) is 12.1 Å². The fraction of sp³-hybridized carbons (Fsp3) is 0.625. The maximum Gasteiger partial charge on any atom is 0.573 e. The van der Waals surface area contributed by atoms with Crippen molar-refractivity contribution in [1.29, 1.82) is 0 Å². The Kier molecular flexibility index (Phi) is 4.51. The van der Waals surface area contributed by atoms with E-state index >= 15 is 0 Å². The van der Waals surface area contributed by atoms with E-state index in [1.807, 2.05) is 0 Å². The normalized spacial score (nSPS) is 30.2.